The van der Waals surface area contributed by atoms with E-state index in [9.17, 15) is 5.11 Å². The molecule has 1 rings (SSSR count). The lowest BCUT2D eigenvalue weighted by Crippen LogP contribution is -2.23. The Balaban J connectivity index is 2.99. The summed E-state index contributed by atoms with van der Waals surface area (Å²) in [6, 6.07) is 5.45. The van der Waals surface area contributed by atoms with E-state index in [0.717, 1.165) is 12.0 Å². The van der Waals surface area contributed by atoms with Crippen molar-refractivity contribution in [2.45, 2.75) is 26.4 Å². The molecule has 0 saturated carbocycles. The highest BCUT2D eigenvalue weighted by atomic mass is 16.5. The quantitative estimate of drug-likeness (QED) is 0.796. The standard InChI is InChI=1S/C15H25NO3/c1-10(2)5-12(9-16)15(17)11-6-13(18-3)8-14(7-11)19-4/h6-8,10,12,15,17H,5,9,16H2,1-4H3. The SMILES string of the molecule is COc1cc(OC)cc(C(O)C(CN)CC(C)C)c1. The van der Waals surface area contributed by atoms with Crippen LogP contribution in [0.3, 0.4) is 0 Å². The molecular weight excluding hydrogens is 242 g/mol. The molecular formula is C15H25NO3. The fraction of sp³-hybridized carbons (Fsp3) is 0.600. The summed E-state index contributed by atoms with van der Waals surface area (Å²) in [5.74, 6) is 1.88. The van der Waals surface area contributed by atoms with Crippen molar-refractivity contribution in [3.8, 4) is 11.5 Å². The van der Waals surface area contributed by atoms with Crippen LogP contribution in [0, 0.1) is 11.8 Å². The predicted octanol–water partition coefficient (Wildman–Crippen LogP) is 2.36. The van der Waals surface area contributed by atoms with Crippen molar-refractivity contribution < 1.29 is 14.6 Å². The molecule has 2 atom stereocenters. The molecule has 0 heterocycles. The van der Waals surface area contributed by atoms with E-state index in [1.807, 2.05) is 12.1 Å². The van der Waals surface area contributed by atoms with Crippen molar-refractivity contribution in [3.63, 3.8) is 0 Å². The molecule has 0 bridgehead atoms. The summed E-state index contributed by atoms with van der Waals surface area (Å²) in [4.78, 5) is 0. The van der Waals surface area contributed by atoms with E-state index in [4.69, 9.17) is 15.2 Å². The van der Waals surface area contributed by atoms with Gasteiger partial charge in [0.15, 0.2) is 0 Å². The molecule has 19 heavy (non-hydrogen) atoms. The Morgan fingerprint density at radius 1 is 1.11 bits per heavy atom. The number of aliphatic hydroxyl groups excluding tert-OH is 1. The molecule has 1 aromatic rings. The van der Waals surface area contributed by atoms with E-state index >= 15 is 0 Å². The number of benzene rings is 1. The van der Waals surface area contributed by atoms with Gasteiger partial charge < -0.3 is 20.3 Å². The highest BCUT2D eigenvalue weighted by molar-refractivity contribution is 5.39. The molecule has 0 fully saturated rings. The van der Waals surface area contributed by atoms with Gasteiger partial charge in [0.2, 0.25) is 0 Å². The van der Waals surface area contributed by atoms with Gasteiger partial charge in [0.25, 0.3) is 0 Å². The number of ether oxygens (including phenoxy) is 2. The van der Waals surface area contributed by atoms with Crippen molar-refractivity contribution in [3.05, 3.63) is 23.8 Å². The number of aliphatic hydroxyl groups is 1. The van der Waals surface area contributed by atoms with Gasteiger partial charge in [-0.15, -0.1) is 0 Å². The van der Waals surface area contributed by atoms with Crippen molar-refractivity contribution in [1.29, 1.82) is 0 Å². The first-order valence-electron chi connectivity index (χ1n) is 6.62. The largest absolute Gasteiger partial charge is 0.497 e. The molecule has 0 aliphatic rings. The molecule has 0 amide bonds. The molecule has 1 aromatic carbocycles. The molecule has 3 N–H and O–H groups in total. The first kappa shape index (κ1) is 15.8. The van der Waals surface area contributed by atoms with Gasteiger partial charge in [-0.1, -0.05) is 13.8 Å². The van der Waals surface area contributed by atoms with Crippen molar-refractivity contribution >= 4 is 0 Å². The van der Waals surface area contributed by atoms with Gasteiger partial charge in [-0.05, 0) is 36.6 Å². The predicted molar refractivity (Wildman–Crippen MR) is 76.5 cm³/mol. The molecule has 0 aliphatic carbocycles. The normalized spacial score (nSPS) is 14.3. The lowest BCUT2D eigenvalue weighted by molar-refractivity contribution is 0.0990. The second kappa shape index (κ2) is 7.36. The Morgan fingerprint density at radius 2 is 1.63 bits per heavy atom. The minimum absolute atomic E-state index is 0.0387. The fourth-order valence-electron chi connectivity index (χ4n) is 2.23. The Labute approximate surface area is 115 Å². The van der Waals surface area contributed by atoms with Crippen LogP contribution in [0.25, 0.3) is 0 Å². The van der Waals surface area contributed by atoms with Crippen LogP contribution in [0.5, 0.6) is 11.5 Å². The van der Waals surface area contributed by atoms with Gasteiger partial charge in [-0.2, -0.15) is 0 Å². The Hall–Kier alpha value is -1.26. The summed E-state index contributed by atoms with van der Waals surface area (Å²) < 4.78 is 10.4. The number of rotatable bonds is 7. The lowest BCUT2D eigenvalue weighted by Gasteiger charge is -2.24. The van der Waals surface area contributed by atoms with E-state index < -0.39 is 6.10 Å². The monoisotopic (exact) mass is 267 g/mol. The first-order chi connectivity index (χ1) is 9.01. The zero-order chi connectivity index (χ0) is 14.4. The number of nitrogens with two attached hydrogens (primary N) is 1. The van der Waals surface area contributed by atoms with Crippen LogP contribution in [-0.4, -0.2) is 25.9 Å². The van der Waals surface area contributed by atoms with E-state index in [-0.39, 0.29) is 5.92 Å². The summed E-state index contributed by atoms with van der Waals surface area (Å²) in [5, 5.41) is 10.5. The highest BCUT2D eigenvalue weighted by Crippen LogP contribution is 2.32. The van der Waals surface area contributed by atoms with Crippen LogP contribution in [0.4, 0.5) is 0 Å². The summed E-state index contributed by atoms with van der Waals surface area (Å²) >= 11 is 0. The van der Waals surface area contributed by atoms with Gasteiger partial charge in [0.1, 0.15) is 11.5 Å². The number of methoxy groups -OCH3 is 2. The smallest absolute Gasteiger partial charge is 0.122 e. The van der Waals surface area contributed by atoms with Crippen LogP contribution in [0.1, 0.15) is 31.9 Å². The van der Waals surface area contributed by atoms with Gasteiger partial charge in [0.05, 0.1) is 20.3 Å². The second-order valence-corrected chi connectivity index (χ2v) is 5.22. The molecule has 108 valence electrons. The molecule has 0 aromatic heterocycles. The van der Waals surface area contributed by atoms with Crippen LogP contribution < -0.4 is 15.2 Å². The second-order valence-electron chi connectivity index (χ2n) is 5.22. The van der Waals surface area contributed by atoms with Crippen LogP contribution in [-0.2, 0) is 0 Å². The van der Waals surface area contributed by atoms with E-state index in [2.05, 4.69) is 13.8 Å². The van der Waals surface area contributed by atoms with E-state index in [0.29, 0.717) is 24.0 Å². The Morgan fingerprint density at radius 3 is 2.00 bits per heavy atom. The van der Waals surface area contributed by atoms with Gasteiger partial charge in [-0.25, -0.2) is 0 Å². The van der Waals surface area contributed by atoms with E-state index in [1.165, 1.54) is 0 Å². The molecule has 0 radical (unpaired) electrons. The third-order valence-corrected chi connectivity index (χ3v) is 3.24. The first-order valence-corrected chi connectivity index (χ1v) is 6.62. The van der Waals surface area contributed by atoms with Crippen molar-refractivity contribution in [2.75, 3.05) is 20.8 Å². The minimum atomic E-state index is -0.601. The van der Waals surface area contributed by atoms with Gasteiger partial charge in [0, 0.05) is 12.0 Å². The molecule has 0 spiro atoms. The summed E-state index contributed by atoms with van der Waals surface area (Å²) in [6.07, 6.45) is 0.286. The zero-order valence-electron chi connectivity index (χ0n) is 12.2. The number of hydrogen-bond acceptors (Lipinski definition) is 4. The Bertz CT molecular complexity index is 371. The molecule has 0 aliphatic heterocycles. The fourth-order valence-corrected chi connectivity index (χ4v) is 2.23. The maximum atomic E-state index is 10.5. The maximum absolute atomic E-state index is 10.5. The van der Waals surface area contributed by atoms with Crippen LogP contribution in [0.15, 0.2) is 18.2 Å². The van der Waals surface area contributed by atoms with Crippen LogP contribution in [0.2, 0.25) is 0 Å². The van der Waals surface area contributed by atoms with Crippen molar-refractivity contribution in [2.24, 2.45) is 17.6 Å². The lowest BCUT2D eigenvalue weighted by atomic mass is 9.88. The highest BCUT2D eigenvalue weighted by Gasteiger charge is 2.22. The summed E-state index contributed by atoms with van der Waals surface area (Å²) in [5.41, 5.74) is 6.56. The van der Waals surface area contributed by atoms with Gasteiger partial charge in [-0.3, -0.25) is 0 Å². The molecule has 4 nitrogen and oxygen atoms in total. The van der Waals surface area contributed by atoms with Crippen LogP contribution >= 0.6 is 0 Å². The van der Waals surface area contributed by atoms with Crippen molar-refractivity contribution in [1.82, 2.24) is 0 Å². The summed E-state index contributed by atoms with van der Waals surface area (Å²) in [7, 11) is 3.19. The maximum Gasteiger partial charge on any atom is 0.122 e. The van der Waals surface area contributed by atoms with Gasteiger partial charge >= 0.3 is 0 Å². The average molecular weight is 267 g/mol. The third-order valence-electron chi connectivity index (χ3n) is 3.24. The zero-order valence-corrected chi connectivity index (χ0v) is 12.2. The Kier molecular flexibility index (Phi) is 6.12. The average Bonchev–Trinajstić information content (AvgIpc) is 2.42. The van der Waals surface area contributed by atoms with E-state index in [1.54, 1.807) is 20.3 Å². The number of hydrogen-bond donors (Lipinski definition) is 2. The molecule has 2 unspecified atom stereocenters. The molecule has 4 heteroatoms. The molecule has 0 saturated heterocycles. The minimum Gasteiger partial charge on any atom is -0.497 e. The third kappa shape index (κ3) is 4.40. The summed E-state index contributed by atoms with van der Waals surface area (Å²) in [6.45, 7) is 4.71. The topological polar surface area (TPSA) is 64.7 Å².